The number of urea groups is 1. The first-order chi connectivity index (χ1) is 5.54. The second kappa shape index (κ2) is 3.10. The van der Waals surface area contributed by atoms with Crippen LogP contribution in [0.4, 0.5) is 4.79 Å². The number of nitrogens with two attached hydrogens (primary N) is 2. The van der Waals surface area contributed by atoms with Gasteiger partial charge >= 0.3 is 6.03 Å². The van der Waals surface area contributed by atoms with Crippen molar-refractivity contribution in [2.45, 2.75) is 19.4 Å². The van der Waals surface area contributed by atoms with Crippen LogP contribution in [-0.2, 0) is 4.79 Å². The molecule has 0 aromatic heterocycles. The zero-order valence-corrected chi connectivity index (χ0v) is 6.99. The number of carbonyl (C=O) groups is 2. The predicted octanol–water partition coefficient (Wildman–Crippen LogP) is -0.739. The molecule has 0 saturated carbocycles. The van der Waals surface area contributed by atoms with Crippen LogP contribution in [0, 0.1) is 5.92 Å². The van der Waals surface area contributed by atoms with Crippen molar-refractivity contribution in [1.82, 2.24) is 4.90 Å². The molecular formula is C7H13N3O2. The van der Waals surface area contributed by atoms with E-state index < -0.39 is 6.03 Å². The molecule has 68 valence electrons. The van der Waals surface area contributed by atoms with Gasteiger partial charge in [0, 0.05) is 12.6 Å². The summed E-state index contributed by atoms with van der Waals surface area (Å²) in [7, 11) is 0. The first kappa shape index (κ1) is 8.99. The molecule has 0 aromatic carbocycles. The van der Waals surface area contributed by atoms with Gasteiger partial charge in [0.25, 0.3) is 0 Å². The summed E-state index contributed by atoms with van der Waals surface area (Å²) in [6.07, 6.45) is 0.624. The minimum atomic E-state index is -0.678. The van der Waals surface area contributed by atoms with Gasteiger partial charge in [0.2, 0.25) is 5.91 Å². The van der Waals surface area contributed by atoms with Gasteiger partial charge in [-0.15, -0.1) is 0 Å². The molecule has 2 unspecified atom stereocenters. The highest BCUT2D eigenvalue weighted by Crippen LogP contribution is 2.19. The Morgan fingerprint density at radius 2 is 2.33 bits per heavy atom. The third kappa shape index (κ3) is 1.40. The molecule has 1 rings (SSSR count). The standard InChI is InChI=1S/C7H13N3O2/c1-4(8)5-2-3-10(6(5)11)7(9)12/h4-5H,2-3,8H2,1H3,(H2,9,12). The first-order valence-corrected chi connectivity index (χ1v) is 3.90. The van der Waals surface area contributed by atoms with Gasteiger partial charge in [0.05, 0.1) is 5.92 Å². The normalized spacial score (nSPS) is 26.0. The Balaban J connectivity index is 2.67. The summed E-state index contributed by atoms with van der Waals surface area (Å²) < 4.78 is 0. The van der Waals surface area contributed by atoms with Crippen LogP contribution < -0.4 is 11.5 Å². The van der Waals surface area contributed by atoms with Gasteiger partial charge in [-0.1, -0.05) is 0 Å². The van der Waals surface area contributed by atoms with Crippen LogP contribution in [0.3, 0.4) is 0 Å². The molecular weight excluding hydrogens is 158 g/mol. The van der Waals surface area contributed by atoms with E-state index in [0.717, 1.165) is 4.90 Å². The number of primary amides is 1. The summed E-state index contributed by atoms with van der Waals surface area (Å²) in [6, 6.07) is -0.884. The number of amides is 3. The summed E-state index contributed by atoms with van der Waals surface area (Å²) in [6.45, 7) is 2.16. The van der Waals surface area contributed by atoms with Crippen LogP contribution in [-0.4, -0.2) is 29.4 Å². The summed E-state index contributed by atoms with van der Waals surface area (Å²) in [5.74, 6) is -0.477. The third-order valence-electron chi connectivity index (χ3n) is 2.15. The number of hydrogen-bond donors (Lipinski definition) is 2. The molecule has 0 aliphatic carbocycles. The highest BCUT2D eigenvalue weighted by molar-refractivity contribution is 5.96. The Morgan fingerprint density at radius 3 is 2.58 bits per heavy atom. The first-order valence-electron chi connectivity index (χ1n) is 3.90. The lowest BCUT2D eigenvalue weighted by Gasteiger charge is -2.13. The number of rotatable bonds is 1. The van der Waals surface area contributed by atoms with Crippen molar-refractivity contribution >= 4 is 11.9 Å². The third-order valence-corrected chi connectivity index (χ3v) is 2.15. The SMILES string of the molecule is CC(N)C1CCN(C(N)=O)C1=O. The molecule has 1 aliphatic heterocycles. The van der Waals surface area contributed by atoms with E-state index in [9.17, 15) is 9.59 Å². The Bertz CT molecular complexity index is 215. The van der Waals surface area contributed by atoms with Crippen molar-refractivity contribution in [3.63, 3.8) is 0 Å². The molecule has 1 aliphatic rings. The predicted molar refractivity (Wildman–Crippen MR) is 43.1 cm³/mol. The summed E-state index contributed by atoms with van der Waals surface area (Å²) >= 11 is 0. The van der Waals surface area contributed by atoms with Gasteiger partial charge in [0.1, 0.15) is 0 Å². The van der Waals surface area contributed by atoms with Crippen LogP contribution in [0.2, 0.25) is 0 Å². The lowest BCUT2D eigenvalue weighted by atomic mass is 10.0. The van der Waals surface area contributed by atoms with E-state index in [1.165, 1.54) is 0 Å². The van der Waals surface area contributed by atoms with Crippen molar-refractivity contribution in [2.75, 3.05) is 6.54 Å². The van der Waals surface area contributed by atoms with E-state index in [1.54, 1.807) is 6.92 Å². The number of imide groups is 1. The molecule has 3 amide bonds. The van der Waals surface area contributed by atoms with Crippen molar-refractivity contribution < 1.29 is 9.59 Å². The Kier molecular flexibility index (Phi) is 2.32. The van der Waals surface area contributed by atoms with Crippen LogP contribution >= 0.6 is 0 Å². The lowest BCUT2D eigenvalue weighted by Crippen LogP contribution is -2.40. The molecule has 1 saturated heterocycles. The second-order valence-corrected chi connectivity index (χ2v) is 3.08. The number of nitrogens with zero attached hydrogens (tertiary/aromatic N) is 1. The number of carbonyl (C=O) groups excluding carboxylic acids is 2. The second-order valence-electron chi connectivity index (χ2n) is 3.08. The Labute approximate surface area is 70.7 Å². The average molecular weight is 171 g/mol. The minimum absolute atomic E-state index is 0.207. The highest BCUT2D eigenvalue weighted by atomic mass is 16.2. The molecule has 0 bridgehead atoms. The fourth-order valence-electron chi connectivity index (χ4n) is 1.41. The number of hydrogen-bond acceptors (Lipinski definition) is 3. The summed E-state index contributed by atoms with van der Waals surface area (Å²) in [5.41, 5.74) is 10.5. The molecule has 1 heterocycles. The number of likely N-dealkylation sites (tertiary alicyclic amines) is 1. The van der Waals surface area contributed by atoms with E-state index in [4.69, 9.17) is 11.5 Å². The largest absolute Gasteiger partial charge is 0.351 e. The van der Waals surface area contributed by atoms with Crippen molar-refractivity contribution in [3.05, 3.63) is 0 Å². The van der Waals surface area contributed by atoms with Gasteiger partial charge in [-0.25, -0.2) is 4.79 Å². The summed E-state index contributed by atoms with van der Waals surface area (Å²) in [5, 5.41) is 0. The van der Waals surface area contributed by atoms with Crippen LogP contribution in [0.5, 0.6) is 0 Å². The smallest absolute Gasteiger partial charge is 0.321 e. The van der Waals surface area contributed by atoms with Gasteiger partial charge in [-0.2, -0.15) is 0 Å². The maximum atomic E-state index is 11.3. The van der Waals surface area contributed by atoms with Crippen molar-refractivity contribution in [2.24, 2.45) is 17.4 Å². The van der Waals surface area contributed by atoms with Crippen LogP contribution in [0.15, 0.2) is 0 Å². The van der Waals surface area contributed by atoms with E-state index in [2.05, 4.69) is 0 Å². The Morgan fingerprint density at radius 1 is 1.75 bits per heavy atom. The maximum Gasteiger partial charge on any atom is 0.321 e. The summed E-state index contributed by atoms with van der Waals surface area (Å²) in [4.78, 5) is 23.0. The molecule has 0 spiro atoms. The quantitative estimate of drug-likeness (QED) is 0.544. The molecule has 1 fully saturated rings. The van der Waals surface area contributed by atoms with Crippen LogP contribution in [0.1, 0.15) is 13.3 Å². The zero-order chi connectivity index (χ0) is 9.30. The molecule has 5 nitrogen and oxygen atoms in total. The van der Waals surface area contributed by atoms with E-state index in [-0.39, 0.29) is 17.9 Å². The van der Waals surface area contributed by atoms with Crippen molar-refractivity contribution in [1.29, 1.82) is 0 Å². The van der Waals surface area contributed by atoms with Gasteiger partial charge in [0.15, 0.2) is 0 Å². The van der Waals surface area contributed by atoms with Gasteiger partial charge in [-0.3, -0.25) is 9.69 Å². The van der Waals surface area contributed by atoms with Gasteiger partial charge in [-0.05, 0) is 13.3 Å². The minimum Gasteiger partial charge on any atom is -0.351 e. The molecule has 2 atom stereocenters. The molecule has 5 heteroatoms. The fraction of sp³-hybridized carbons (Fsp3) is 0.714. The Hall–Kier alpha value is -1.10. The highest BCUT2D eigenvalue weighted by Gasteiger charge is 2.36. The fourth-order valence-corrected chi connectivity index (χ4v) is 1.41. The lowest BCUT2D eigenvalue weighted by molar-refractivity contribution is -0.128. The van der Waals surface area contributed by atoms with E-state index in [0.29, 0.717) is 13.0 Å². The molecule has 4 N–H and O–H groups in total. The zero-order valence-electron chi connectivity index (χ0n) is 6.99. The maximum absolute atomic E-state index is 11.3. The van der Waals surface area contributed by atoms with E-state index in [1.807, 2.05) is 0 Å². The van der Waals surface area contributed by atoms with E-state index >= 15 is 0 Å². The van der Waals surface area contributed by atoms with Crippen molar-refractivity contribution in [3.8, 4) is 0 Å². The van der Waals surface area contributed by atoms with Crippen LogP contribution in [0.25, 0.3) is 0 Å². The molecule has 0 aromatic rings. The molecule has 0 radical (unpaired) electrons. The average Bonchev–Trinajstić information content (AvgIpc) is 2.30. The topological polar surface area (TPSA) is 89.4 Å². The molecule has 12 heavy (non-hydrogen) atoms. The monoisotopic (exact) mass is 171 g/mol. The van der Waals surface area contributed by atoms with Gasteiger partial charge < -0.3 is 11.5 Å².